The summed E-state index contributed by atoms with van der Waals surface area (Å²) in [5.41, 5.74) is 0. The number of fused-ring (bicyclic) bond motifs is 1. The van der Waals surface area contributed by atoms with E-state index in [1.165, 1.54) is 10.8 Å². The van der Waals surface area contributed by atoms with Crippen LogP contribution in [0, 0.1) is 0 Å². The molecule has 0 radical (unpaired) electrons. The number of benzene rings is 1. The lowest BCUT2D eigenvalue weighted by Gasteiger charge is -2.34. The van der Waals surface area contributed by atoms with Crippen molar-refractivity contribution in [3.8, 4) is 0 Å². The van der Waals surface area contributed by atoms with Crippen LogP contribution < -0.4 is 4.90 Å². The Balaban J connectivity index is 1.82. The lowest BCUT2D eigenvalue weighted by atomic mass is 10.2. The summed E-state index contributed by atoms with van der Waals surface area (Å²) in [5, 5.41) is 2.49. The van der Waals surface area contributed by atoms with Gasteiger partial charge in [0.1, 0.15) is 5.82 Å². The van der Waals surface area contributed by atoms with Crippen molar-refractivity contribution in [1.29, 1.82) is 0 Å². The summed E-state index contributed by atoms with van der Waals surface area (Å²) in [6.07, 6.45) is 1.98. The molecule has 0 aliphatic carbocycles. The average molecular weight is 241 g/mol. The third-order valence-electron chi connectivity index (χ3n) is 3.76. The standard InChI is InChI=1S/C15H19N3/c1-2-17-7-9-18(10-8-17)15-11-13-5-3-4-6-14(13)12-16-15/h3-6,11-12H,2,7-10H2,1H3. The van der Waals surface area contributed by atoms with Gasteiger partial charge in [-0.15, -0.1) is 0 Å². The van der Waals surface area contributed by atoms with E-state index in [0.29, 0.717) is 0 Å². The number of rotatable bonds is 2. The Morgan fingerprint density at radius 1 is 1.06 bits per heavy atom. The highest BCUT2D eigenvalue weighted by atomic mass is 15.3. The molecule has 1 saturated heterocycles. The molecule has 0 saturated carbocycles. The van der Waals surface area contributed by atoms with Crippen LogP contribution in [-0.2, 0) is 0 Å². The Kier molecular flexibility index (Phi) is 3.15. The normalized spacial score (nSPS) is 17.3. The number of piperazine rings is 1. The van der Waals surface area contributed by atoms with E-state index in [1.54, 1.807) is 0 Å². The number of hydrogen-bond donors (Lipinski definition) is 0. The molecule has 94 valence electrons. The minimum absolute atomic E-state index is 1.08. The van der Waals surface area contributed by atoms with Gasteiger partial charge in [-0.25, -0.2) is 4.98 Å². The van der Waals surface area contributed by atoms with Crippen LogP contribution in [0.4, 0.5) is 5.82 Å². The maximum atomic E-state index is 4.59. The molecule has 2 heterocycles. The van der Waals surface area contributed by atoms with Gasteiger partial charge in [-0.1, -0.05) is 31.2 Å². The first-order valence-corrected chi connectivity index (χ1v) is 6.69. The van der Waals surface area contributed by atoms with E-state index in [9.17, 15) is 0 Å². The fourth-order valence-electron chi connectivity index (χ4n) is 2.54. The van der Waals surface area contributed by atoms with Crippen LogP contribution >= 0.6 is 0 Å². The van der Waals surface area contributed by atoms with Crippen molar-refractivity contribution >= 4 is 16.6 Å². The highest BCUT2D eigenvalue weighted by molar-refractivity contribution is 5.83. The number of anilines is 1. The predicted molar refractivity (Wildman–Crippen MR) is 76.1 cm³/mol. The Morgan fingerprint density at radius 3 is 2.50 bits per heavy atom. The van der Waals surface area contributed by atoms with E-state index in [4.69, 9.17) is 0 Å². The van der Waals surface area contributed by atoms with Crippen molar-refractivity contribution < 1.29 is 0 Å². The van der Waals surface area contributed by atoms with Gasteiger partial charge in [0.25, 0.3) is 0 Å². The molecule has 0 N–H and O–H groups in total. The van der Waals surface area contributed by atoms with Gasteiger partial charge < -0.3 is 9.80 Å². The van der Waals surface area contributed by atoms with Gasteiger partial charge in [-0.05, 0) is 18.0 Å². The molecular weight excluding hydrogens is 222 g/mol. The van der Waals surface area contributed by atoms with Gasteiger partial charge in [0.2, 0.25) is 0 Å². The lowest BCUT2D eigenvalue weighted by Crippen LogP contribution is -2.46. The van der Waals surface area contributed by atoms with Crippen molar-refractivity contribution in [3.63, 3.8) is 0 Å². The Labute approximate surface area is 108 Å². The molecule has 3 rings (SSSR count). The van der Waals surface area contributed by atoms with E-state index < -0.39 is 0 Å². The van der Waals surface area contributed by atoms with Crippen LogP contribution in [0.25, 0.3) is 10.8 Å². The van der Waals surface area contributed by atoms with Gasteiger partial charge in [-0.2, -0.15) is 0 Å². The Morgan fingerprint density at radius 2 is 1.78 bits per heavy atom. The zero-order valence-corrected chi connectivity index (χ0v) is 10.8. The molecule has 1 fully saturated rings. The smallest absolute Gasteiger partial charge is 0.129 e. The topological polar surface area (TPSA) is 19.4 Å². The fourth-order valence-corrected chi connectivity index (χ4v) is 2.54. The van der Waals surface area contributed by atoms with Crippen LogP contribution in [0.3, 0.4) is 0 Å². The number of hydrogen-bond acceptors (Lipinski definition) is 3. The molecule has 3 heteroatoms. The van der Waals surface area contributed by atoms with Crippen LogP contribution in [0.15, 0.2) is 36.5 Å². The first-order chi connectivity index (χ1) is 8.86. The number of aromatic nitrogens is 1. The monoisotopic (exact) mass is 241 g/mol. The first kappa shape index (κ1) is 11.5. The molecule has 3 nitrogen and oxygen atoms in total. The Bertz CT molecular complexity index is 530. The van der Waals surface area contributed by atoms with Crippen molar-refractivity contribution in [1.82, 2.24) is 9.88 Å². The van der Waals surface area contributed by atoms with Crippen molar-refractivity contribution in [2.75, 3.05) is 37.6 Å². The largest absolute Gasteiger partial charge is 0.354 e. The van der Waals surface area contributed by atoms with Crippen molar-refractivity contribution in [2.24, 2.45) is 0 Å². The van der Waals surface area contributed by atoms with Gasteiger partial charge in [0.05, 0.1) is 0 Å². The van der Waals surface area contributed by atoms with Crippen LogP contribution in [0.1, 0.15) is 6.92 Å². The van der Waals surface area contributed by atoms with Gasteiger partial charge in [0.15, 0.2) is 0 Å². The molecule has 1 aliphatic heterocycles. The first-order valence-electron chi connectivity index (χ1n) is 6.69. The molecule has 2 aromatic rings. The fraction of sp³-hybridized carbons (Fsp3) is 0.400. The van der Waals surface area contributed by atoms with E-state index in [1.807, 2.05) is 6.20 Å². The van der Waals surface area contributed by atoms with Crippen LogP contribution in [0.5, 0.6) is 0 Å². The Hall–Kier alpha value is -1.61. The zero-order chi connectivity index (χ0) is 12.4. The number of likely N-dealkylation sites (N-methyl/N-ethyl adjacent to an activating group) is 1. The second kappa shape index (κ2) is 4.94. The third-order valence-corrected chi connectivity index (χ3v) is 3.76. The molecule has 18 heavy (non-hydrogen) atoms. The number of pyridine rings is 1. The van der Waals surface area contributed by atoms with Crippen molar-refractivity contribution in [2.45, 2.75) is 6.92 Å². The highest BCUT2D eigenvalue weighted by Crippen LogP contribution is 2.20. The average Bonchev–Trinajstić information content (AvgIpc) is 2.47. The van der Waals surface area contributed by atoms with E-state index in [0.717, 1.165) is 38.5 Å². The summed E-state index contributed by atoms with van der Waals surface area (Å²) in [6, 6.07) is 10.6. The predicted octanol–water partition coefficient (Wildman–Crippen LogP) is 2.38. The second-order valence-electron chi connectivity index (χ2n) is 4.81. The highest BCUT2D eigenvalue weighted by Gasteiger charge is 2.16. The molecule has 0 unspecified atom stereocenters. The zero-order valence-electron chi connectivity index (χ0n) is 10.8. The second-order valence-corrected chi connectivity index (χ2v) is 4.81. The van der Waals surface area contributed by atoms with E-state index in [-0.39, 0.29) is 0 Å². The summed E-state index contributed by atoms with van der Waals surface area (Å²) in [7, 11) is 0. The molecular formula is C15H19N3. The lowest BCUT2D eigenvalue weighted by molar-refractivity contribution is 0.270. The SMILES string of the molecule is CCN1CCN(c2cc3ccccc3cn2)CC1. The van der Waals surface area contributed by atoms with Crippen LogP contribution in [0.2, 0.25) is 0 Å². The molecule has 0 bridgehead atoms. The van der Waals surface area contributed by atoms with Crippen LogP contribution in [-0.4, -0.2) is 42.6 Å². The quantitative estimate of drug-likeness (QED) is 0.804. The molecule has 0 atom stereocenters. The maximum absolute atomic E-state index is 4.59. The molecule has 1 aromatic heterocycles. The van der Waals surface area contributed by atoms with E-state index >= 15 is 0 Å². The minimum atomic E-state index is 1.08. The summed E-state index contributed by atoms with van der Waals surface area (Å²) < 4.78 is 0. The summed E-state index contributed by atoms with van der Waals surface area (Å²) >= 11 is 0. The van der Waals surface area contributed by atoms with E-state index in [2.05, 4.69) is 52.0 Å². The van der Waals surface area contributed by atoms with Gasteiger partial charge in [0, 0.05) is 37.8 Å². The van der Waals surface area contributed by atoms with Gasteiger partial charge in [-0.3, -0.25) is 0 Å². The molecule has 1 aromatic carbocycles. The molecule has 0 spiro atoms. The van der Waals surface area contributed by atoms with Gasteiger partial charge >= 0.3 is 0 Å². The summed E-state index contributed by atoms with van der Waals surface area (Å²) in [6.45, 7) is 7.83. The minimum Gasteiger partial charge on any atom is -0.354 e. The number of nitrogens with zero attached hydrogens (tertiary/aromatic N) is 3. The van der Waals surface area contributed by atoms with Crippen molar-refractivity contribution in [3.05, 3.63) is 36.5 Å². The maximum Gasteiger partial charge on any atom is 0.129 e. The molecule has 1 aliphatic rings. The summed E-state index contributed by atoms with van der Waals surface area (Å²) in [4.78, 5) is 9.46. The summed E-state index contributed by atoms with van der Waals surface area (Å²) in [5.74, 6) is 1.12. The molecule has 0 amide bonds. The third kappa shape index (κ3) is 2.18.